The van der Waals surface area contributed by atoms with Crippen LogP contribution >= 0.6 is 0 Å². The number of aliphatic hydroxyl groups excluding tert-OH is 1. The van der Waals surface area contributed by atoms with Crippen LogP contribution in [-0.2, 0) is 4.79 Å². The van der Waals surface area contributed by atoms with Crippen LogP contribution in [0.3, 0.4) is 0 Å². The molecule has 0 aromatic carbocycles. The Bertz CT molecular complexity index is 309. The molecule has 3 rings (SSSR count). The summed E-state index contributed by atoms with van der Waals surface area (Å²) in [7, 11) is 0. The predicted octanol–water partition coefficient (Wildman–Crippen LogP) is 0.724. The summed E-state index contributed by atoms with van der Waals surface area (Å²) in [5.74, 6) is -0.137. The molecule has 13 heavy (non-hydrogen) atoms. The zero-order chi connectivity index (χ0) is 9.59. The van der Waals surface area contributed by atoms with Crippen LogP contribution in [0.2, 0.25) is 0 Å². The molecule has 3 aliphatic rings. The van der Waals surface area contributed by atoms with E-state index in [1.807, 2.05) is 0 Å². The van der Waals surface area contributed by atoms with Crippen LogP contribution in [0.1, 0.15) is 20.3 Å². The van der Waals surface area contributed by atoms with Crippen LogP contribution in [0, 0.1) is 28.6 Å². The lowest BCUT2D eigenvalue weighted by Gasteiger charge is -2.15. The lowest BCUT2D eigenvalue weighted by Crippen LogP contribution is -2.24. The molecule has 0 radical (unpaired) electrons. The molecule has 0 bridgehead atoms. The Balaban J connectivity index is 2.01. The van der Waals surface area contributed by atoms with E-state index in [0.717, 1.165) is 0 Å². The van der Waals surface area contributed by atoms with Crippen molar-refractivity contribution in [1.82, 2.24) is 0 Å². The molecule has 3 aliphatic carbocycles. The first-order valence-electron chi connectivity index (χ1n) is 4.85. The van der Waals surface area contributed by atoms with E-state index in [2.05, 4.69) is 13.8 Å². The zero-order valence-corrected chi connectivity index (χ0v) is 7.82. The molecule has 2 N–H and O–H groups in total. The summed E-state index contributed by atoms with van der Waals surface area (Å²) in [5, 5.41) is 19.0. The summed E-state index contributed by atoms with van der Waals surface area (Å²) in [6, 6.07) is 0. The van der Waals surface area contributed by atoms with Gasteiger partial charge in [-0.05, 0) is 23.7 Å². The van der Waals surface area contributed by atoms with E-state index in [4.69, 9.17) is 5.11 Å². The minimum Gasteiger partial charge on any atom is -0.481 e. The molecular weight excluding hydrogens is 168 g/mol. The van der Waals surface area contributed by atoms with E-state index < -0.39 is 11.4 Å². The second-order valence-electron chi connectivity index (χ2n) is 5.47. The molecule has 3 heteroatoms. The van der Waals surface area contributed by atoms with Crippen molar-refractivity contribution in [3.63, 3.8) is 0 Å². The third kappa shape index (κ3) is 0.565. The normalized spacial score (nSPS) is 59.6. The molecule has 0 aliphatic heterocycles. The largest absolute Gasteiger partial charge is 0.481 e. The number of hydrogen-bond donors (Lipinski definition) is 2. The van der Waals surface area contributed by atoms with E-state index in [-0.39, 0.29) is 29.3 Å². The van der Waals surface area contributed by atoms with Gasteiger partial charge in [-0.15, -0.1) is 0 Å². The fourth-order valence-electron chi connectivity index (χ4n) is 4.02. The third-order valence-electron chi connectivity index (χ3n) is 4.70. The van der Waals surface area contributed by atoms with E-state index in [0.29, 0.717) is 6.42 Å². The van der Waals surface area contributed by atoms with Crippen molar-refractivity contribution < 1.29 is 15.0 Å². The van der Waals surface area contributed by atoms with Gasteiger partial charge in [0.1, 0.15) is 0 Å². The summed E-state index contributed by atoms with van der Waals surface area (Å²) in [5.41, 5.74) is -0.474. The van der Waals surface area contributed by atoms with E-state index in [1.165, 1.54) is 0 Å². The van der Waals surface area contributed by atoms with Gasteiger partial charge in [0.05, 0.1) is 11.5 Å². The smallest absolute Gasteiger partial charge is 0.310 e. The van der Waals surface area contributed by atoms with Crippen molar-refractivity contribution in [2.24, 2.45) is 28.6 Å². The van der Waals surface area contributed by atoms with Crippen molar-refractivity contribution in [1.29, 1.82) is 0 Å². The van der Waals surface area contributed by atoms with Gasteiger partial charge in [-0.2, -0.15) is 0 Å². The number of aliphatic hydroxyl groups is 1. The molecule has 0 aromatic heterocycles. The van der Waals surface area contributed by atoms with E-state index in [1.54, 1.807) is 0 Å². The molecule has 0 unspecified atom stereocenters. The fourth-order valence-corrected chi connectivity index (χ4v) is 4.02. The summed E-state index contributed by atoms with van der Waals surface area (Å²) in [6.45, 7) is 4.15. The molecule has 3 saturated carbocycles. The number of carbonyl (C=O) groups is 1. The number of rotatable bonds is 1. The molecule has 0 spiro atoms. The zero-order valence-electron chi connectivity index (χ0n) is 7.82. The average molecular weight is 182 g/mol. The molecule has 3 nitrogen and oxygen atoms in total. The Morgan fingerprint density at radius 2 is 2.08 bits per heavy atom. The van der Waals surface area contributed by atoms with Crippen LogP contribution in [0.5, 0.6) is 0 Å². The lowest BCUT2D eigenvalue weighted by atomic mass is 9.91. The molecule has 0 aromatic rings. The first kappa shape index (κ1) is 7.80. The minimum atomic E-state index is -0.686. The van der Waals surface area contributed by atoms with E-state index in [9.17, 15) is 9.90 Å². The van der Waals surface area contributed by atoms with Gasteiger partial charge in [0, 0.05) is 5.92 Å². The molecule has 0 amide bonds. The van der Waals surface area contributed by atoms with Crippen LogP contribution < -0.4 is 0 Å². The van der Waals surface area contributed by atoms with Gasteiger partial charge < -0.3 is 10.2 Å². The van der Waals surface area contributed by atoms with Gasteiger partial charge >= 0.3 is 5.97 Å². The standard InChI is InChI=1S/C10H14O3/c1-9(2)5-6(11)4-3-10(4,7(5)9)8(12)13/h4-7,11H,3H2,1-2H3,(H,12,13)/t4-,5+,6+,7-,10-/m1/s1. The fraction of sp³-hybridized carbons (Fsp3) is 0.900. The number of carboxylic acids is 1. The molecule has 3 fully saturated rings. The Hall–Kier alpha value is -0.570. The average Bonchev–Trinajstić information content (AvgIpc) is 2.80. The van der Waals surface area contributed by atoms with E-state index >= 15 is 0 Å². The maximum absolute atomic E-state index is 11.1. The first-order chi connectivity index (χ1) is 5.94. The summed E-state index contributed by atoms with van der Waals surface area (Å²) < 4.78 is 0. The Morgan fingerprint density at radius 3 is 2.46 bits per heavy atom. The quantitative estimate of drug-likeness (QED) is 0.628. The predicted molar refractivity (Wildman–Crippen MR) is 44.9 cm³/mol. The van der Waals surface area contributed by atoms with Gasteiger partial charge in [-0.3, -0.25) is 4.79 Å². The highest BCUT2D eigenvalue weighted by Gasteiger charge is 2.87. The van der Waals surface area contributed by atoms with Crippen LogP contribution in [-0.4, -0.2) is 22.3 Å². The maximum atomic E-state index is 11.1. The van der Waals surface area contributed by atoms with Gasteiger partial charge in [0.15, 0.2) is 0 Å². The van der Waals surface area contributed by atoms with Gasteiger partial charge in [0.25, 0.3) is 0 Å². The molecule has 72 valence electrons. The van der Waals surface area contributed by atoms with Crippen molar-refractivity contribution in [2.45, 2.75) is 26.4 Å². The Labute approximate surface area is 76.8 Å². The van der Waals surface area contributed by atoms with Crippen molar-refractivity contribution in [3.05, 3.63) is 0 Å². The number of hydrogen-bond acceptors (Lipinski definition) is 2. The number of aliphatic carboxylic acids is 1. The Morgan fingerprint density at radius 1 is 1.46 bits per heavy atom. The summed E-state index contributed by atoms with van der Waals surface area (Å²) in [6.07, 6.45) is 0.352. The monoisotopic (exact) mass is 182 g/mol. The van der Waals surface area contributed by atoms with Crippen molar-refractivity contribution >= 4 is 5.97 Å². The van der Waals surface area contributed by atoms with Gasteiger partial charge in [-0.1, -0.05) is 13.8 Å². The van der Waals surface area contributed by atoms with Gasteiger partial charge in [0.2, 0.25) is 0 Å². The van der Waals surface area contributed by atoms with Crippen LogP contribution in [0.4, 0.5) is 0 Å². The number of fused-ring (bicyclic) bond motifs is 3. The SMILES string of the molecule is CC1(C)[C@H]2[C@@H](O)[C@H]3C[C@]3(C(=O)O)[C@H]21. The highest BCUT2D eigenvalue weighted by molar-refractivity contribution is 5.81. The van der Waals surface area contributed by atoms with Crippen LogP contribution in [0.25, 0.3) is 0 Å². The second-order valence-corrected chi connectivity index (χ2v) is 5.47. The second kappa shape index (κ2) is 1.65. The van der Waals surface area contributed by atoms with Crippen molar-refractivity contribution in [3.8, 4) is 0 Å². The molecule has 5 atom stereocenters. The number of carboxylic acid groups (broad SMARTS) is 1. The Kier molecular flexibility index (Phi) is 0.991. The highest BCUT2D eigenvalue weighted by atomic mass is 16.4. The van der Waals surface area contributed by atoms with Crippen molar-refractivity contribution in [2.75, 3.05) is 0 Å². The lowest BCUT2D eigenvalue weighted by molar-refractivity contribution is -0.145. The topological polar surface area (TPSA) is 57.5 Å². The summed E-state index contributed by atoms with van der Waals surface area (Å²) >= 11 is 0. The molecule has 0 heterocycles. The van der Waals surface area contributed by atoms with Gasteiger partial charge in [-0.25, -0.2) is 0 Å². The molecule has 0 saturated heterocycles. The first-order valence-corrected chi connectivity index (χ1v) is 4.85. The minimum absolute atomic E-state index is 0.0603. The molecular formula is C10H14O3. The van der Waals surface area contributed by atoms with Crippen LogP contribution in [0.15, 0.2) is 0 Å². The highest BCUT2D eigenvalue weighted by Crippen LogP contribution is 2.84. The summed E-state index contributed by atoms with van der Waals surface area (Å²) in [4.78, 5) is 11.1. The maximum Gasteiger partial charge on any atom is 0.310 e. The third-order valence-corrected chi connectivity index (χ3v) is 4.70.